The van der Waals surface area contributed by atoms with Crippen molar-refractivity contribution in [2.75, 3.05) is 6.54 Å². The summed E-state index contributed by atoms with van der Waals surface area (Å²) >= 11 is 0. The van der Waals surface area contributed by atoms with Crippen LogP contribution in [-0.4, -0.2) is 75.8 Å². The summed E-state index contributed by atoms with van der Waals surface area (Å²) in [7, 11) is 0. The number of aliphatic hydroxyl groups excluding tert-OH is 3. The Labute approximate surface area is 178 Å². The third-order valence-corrected chi connectivity index (χ3v) is 6.10. The van der Waals surface area contributed by atoms with Gasteiger partial charge in [0.2, 0.25) is 12.2 Å². The maximum atomic E-state index is 11.5. The zero-order valence-electron chi connectivity index (χ0n) is 17.0. The molecule has 0 bridgehead atoms. The number of hydrogen-bond acceptors (Lipinski definition) is 8. The predicted octanol–water partition coefficient (Wildman–Crippen LogP) is -0.514. The number of carboxylic acids is 1. The average molecular weight is 437 g/mol. The van der Waals surface area contributed by atoms with E-state index in [1.165, 1.54) is 0 Å². The smallest absolute Gasteiger partial charge is 0.335 e. The molecule has 3 aliphatic rings. The first-order chi connectivity index (χ1) is 14.8. The van der Waals surface area contributed by atoms with Gasteiger partial charge in [0.25, 0.3) is 0 Å². The molecule has 170 valence electrons. The number of aliphatic hydroxyl groups is 3. The maximum Gasteiger partial charge on any atom is 0.335 e. The van der Waals surface area contributed by atoms with Crippen LogP contribution in [0.15, 0.2) is 18.2 Å². The molecule has 1 amide bonds. The van der Waals surface area contributed by atoms with Gasteiger partial charge in [0.15, 0.2) is 12.4 Å². The number of benzene rings is 1. The SMILES string of the molecule is CCC(=O)NC[C@@H]1C[C@H]1c1cccc2c1CC(O[C@@H]1O[C@H](C(=O)O)[C@@H](O)[C@H](O)[C@H]1O)O2. The first-order valence-corrected chi connectivity index (χ1v) is 10.4. The molecule has 1 aliphatic carbocycles. The van der Waals surface area contributed by atoms with E-state index in [2.05, 4.69) is 5.32 Å². The number of nitrogens with one attached hydrogen (secondary N) is 1. The Morgan fingerprint density at radius 1 is 1.19 bits per heavy atom. The van der Waals surface area contributed by atoms with E-state index in [-0.39, 0.29) is 5.91 Å². The minimum atomic E-state index is -1.78. The number of amides is 1. The molecule has 5 N–H and O–H groups in total. The van der Waals surface area contributed by atoms with Crippen molar-refractivity contribution >= 4 is 11.9 Å². The summed E-state index contributed by atoms with van der Waals surface area (Å²) in [5.74, 6) is -0.150. The fourth-order valence-corrected chi connectivity index (χ4v) is 4.22. The molecule has 8 atom stereocenters. The first-order valence-electron chi connectivity index (χ1n) is 10.4. The number of rotatable bonds is 7. The molecule has 31 heavy (non-hydrogen) atoms. The van der Waals surface area contributed by atoms with Crippen LogP contribution in [0.5, 0.6) is 5.75 Å². The van der Waals surface area contributed by atoms with Gasteiger partial charge in [0.1, 0.15) is 24.1 Å². The largest absolute Gasteiger partial charge is 0.479 e. The second kappa shape index (κ2) is 8.71. The highest BCUT2D eigenvalue weighted by molar-refractivity contribution is 5.75. The number of ether oxygens (including phenoxy) is 3. The van der Waals surface area contributed by atoms with Crippen LogP contribution in [0.3, 0.4) is 0 Å². The summed E-state index contributed by atoms with van der Waals surface area (Å²) in [5.41, 5.74) is 2.07. The summed E-state index contributed by atoms with van der Waals surface area (Å²) in [6, 6.07) is 5.70. The summed E-state index contributed by atoms with van der Waals surface area (Å²) in [6.45, 7) is 2.44. The van der Waals surface area contributed by atoms with Gasteiger partial charge >= 0.3 is 5.97 Å². The number of carboxylic acid groups (broad SMARTS) is 1. The minimum absolute atomic E-state index is 0.0266. The van der Waals surface area contributed by atoms with Gasteiger partial charge in [0, 0.05) is 24.9 Å². The highest BCUT2D eigenvalue weighted by Gasteiger charge is 2.49. The van der Waals surface area contributed by atoms with Crippen molar-refractivity contribution in [1.82, 2.24) is 5.32 Å². The Kier molecular flexibility index (Phi) is 6.18. The summed E-state index contributed by atoms with van der Waals surface area (Å²) in [5, 5.41) is 42.0. The number of aliphatic carboxylic acids is 1. The Hall–Kier alpha value is -2.24. The second-order valence-electron chi connectivity index (χ2n) is 8.21. The van der Waals surface area contributed by atoms with Crippen LogP contribution in [0.25, 0.3) is 0 Å². The molecule has 0 spiro atoms. The van der Waals surface area contributed by atoms with E-state index in [0.717, 1.165) is 17.5 Å². The van der Waals surface area contributed by atoms with Gasteiger partial charge in [-0.25, -0.2) is 4.79 Å². The lowest BCUT2D eigenvalue weighted by Crippen LogP contribution is -2.61. The summed E-state index contributed by atoms with van der Waals surface area (Å²) in [6.07, 6.45) is -7.41. The maximum absolute atomic E-state index is 11.5. The molecule has 2 fully saturated rings. The van der Waals surface area contributed by atoms with Crippen LogP contribution in [0, 0.1) is 5.92 Å². The van der Waals surface area contributed by atoms with Gasteiger partial charge in [0.05, 0.1) is 0 Å². The van der Waals surface area contributed by atoms with Crippen LogP contribution in [0.4, 0.5) is 0 Å². The molecule has 2 aliphatic heterocycles. The van der Waals surface area contributed by atoms with Gasteiger partial charge in [-0.2, -0.15) is 0 Å². The van der Waals surface area contributed by atoms with E-state index in [1.54, 1.807) is 6.07 Å². The van der Waals surface area contributed by atoms with Crippen molar-refractivity contribution in [2.45, 2.75) is 69.1 Å². The standard InChI is InChI=1S/C21H27NO9/c1-2-14(23)22-8-9-6-11(9)10-4-3-5-13-12(10)7-15(29-13)30-21-18(26)16(24)17(25)19(31-21)20(27)28/h3-5,9,11,15-19,21,24-26H,2,6-8H2,1H3,(H,22,23)(H,27,28)/t9-,11+,15?,16-,17-,18+,19-,21+/m0/s1. The van der Waals surface area contributed by atoms with E-state index in [9.17, 15) is 24.9 Å². The molecule has 1 aromatic rings. The number of hydrogen-bond donors (Lipinski definition) is 5. The third-order valence-electron chi connectivity index (χ3n) is 6.10. The molecule has 1 aromatic carbocycles. The van der Waals surface area contributed by atoms with E-state index in [0.29, 0.717) is 37.0 Å². The lowest BCUT2D eigenvalue weighted by molar-refractivity contribution is -0.319. The van der Waals surface area contributed by atoms with E-state index in [1.807, 2.05) is 19.1 Å². The van der Waals surface area contributed by atoms with Crippen molar-refractivity contribution in [1.29, 1.82) is 0 Å². The van der Waals surface area contributed by atoms with Crippen molar-refractivity contribution in [3.63, 3.8) is 0 Å². The fourth-order valence-electron chi connectivity index (χ4n) is 4.22. The highest BCUT2D eigenvalue weighted by atomic mass is 16.8. The van der Waals surface area contributed by atoms with Gasteiger partial charge in [-0.3, -0.25) is 4.79 Å². The molecule has 1 saturated carbocycles. The van der Waals surface area contributed by atoms with E-state index >= 15 is 0 Å². The highest BCUT2D eigenvalue weighted by Crippen LogP contribution is 2.50. The van der Waals surface area contributed by atoms with Crippen LogP contribution in [-0.2, 0) is 25.5 Å². The third kappa shape index (κ3) is 4.39. The molecule has 1 saturated heterocycles. The Morgan fingerprint density at radius 2 is 1.97 bits per heavy atom. The molecular formula is C21H27NO9. The molecule has 4 rings (SSSR count). The Bertz CT molecular complexity index is 846. The van der Waals surface area contributed by atoms with Crippen molar-refractivity contribution in [2.24, 2.45) is 5.92 Å². The van der Waals surface area contributed by atoms with Crippen LogP contribution >= 0.6 is 0 Å². The van der Waals surface area contributed by atoms with Crippen molar-refractivity contribution in [3.8, 4) is 5.75 Å². The fraction of sp³-hybridized carbons (Fsp3) is 0.619. The summed E-state index contributed by atoms with van der Waals surface area (Å²) in [4.78, 5) is 22.8. The number of fused-ring (bicyclic) bond motifs is 1. The molecule has 2 heterocycles. The van der Waals surface area contributed by atoms with Gasteiger partial charge < -0.3 is 40.0 Å². The first kappa shape index (κ1) is 22.0. The molecule has 10 nitrogen and oxygen atoms in total. The molecule has 0 radical (unpaired) electrons. The molecule has 0 aromatic heterocycles. The second-order valence-corrected chi connectivity index (χ2v) is 8.21. The topological polar surface area (TPSA) is 155 Å². The average Bonchev–Trinajstić information content (AvgIpc) is 3.40. The van der Waals surface area contributed by atoms with E-state index < -0.39 is 43.0 Å². The minimum Gasteiger partial charge on any atom is -0.479 e. The van der Waals surface area contributed by atoms with Gasteiger partial charge in [-0.1, -0.05) is 19.1 Å². The molecule has 10 heteroatoms. The normalized spacial score (nSPS) is 36.4. The van der Waals surface area contributed by atoms with Crippen LogP contribution < -0.4 is 10.1 Å². The Morgan fingerprint density at radius 3 is 2.68 bits per heavy atom. The lowest BCUT2D eigenvalue weighted by Gasteiger charge is -2.39. The van der Waals surface area contributed by atoms with Crippen LogP contribution in [0.2, 0.25) is 0 Å². The zero-order chi connectivity index (χ0) is 22.3. The van der Waals surface area contributed by atoms with Crippen molar-refractivity contribution < 1.29 is 44.2 Å². The zero-order valence-corrected chi connectivity index (χ0v) is 17.0. The van der Waals surface area contributed by atoms with Gasteiger partial charge in [-0.05, 0) is 29.9 Å². The lowest BCUT2D eigenvalue weighted by atomic mass is 9.98. The van der Waals surface area contributed by atoms with Crippen molar-refractivity contribution in [3.05, 3.63) is 29.3 Å². The quantitative estimate of drug-likeness (QED) is 0.379. The number of carbonyl (C=O) groups is 2. The van der Waals surface area contributed by atoms with Gasteiger partial charge in [-0.15, -0.1) is 0 Å². The molecular weight excluding hydrogens is 410 g/mol. The van der Waals surface area contributed by atoms with E-state index in [4.69, 9.17) is 19.3 Å². The van der Waals surface area contributed by atoms with Crippen LogP contribution in [0.1, 0.15) is 36.8 Å². The summed E-state index contributed by atoms with van der Waals surface area (Å²) < 4.78 is 16.6. The number of carbonyl (C=O) groups excluding carboxylic acids is 1. The molecule has 1 unspecified atom stereocenters. The monoisotopic (exact) mass is 437 g/mol. The Balaban J connectivity index is 1.40. The predicted molar refractivity (Wildman–Crippen MR) is 104 cm³/mol.